The van der Waals surface area contributed by atoms with Crippen molar-refractivity contribution in [3.8, 4) is 0 Å². The summed E-state index contributed by atoms with van der Waals surface area (Å²) in [5.41, 5.74) is 0. The molecule has 2 heterocycles. The molecule has 0 spiro atoms. The topological polar surface area (TPSA) is 38.1 Å². The Balaban J connectivity index is 1.98. The second-order valence-corrected chi connectivity index (χ2v) is 5.87. The molecule has 0 atom stereocenters. The maximum atomic E-state index is 12.1. The number of hydrogen-bond donors (Lipinski definition) is 0. The molecule has 1 amide bonds. The summed E-state index contributed by atoms with van der Waals surface area (Å²) in [4.78, 5) is 14.1. The molecule has 94 valence electrons. The van der Waals surface area contributed by atoms with Gasteiger partial charge in [0.1, 0.15) is 15.8 Å². The van der Waals surface area contributed by atoms with E-state index in [1.165, 1.54) is 12.8 Å². The lowest BCUT2D eigenvalue weighted by Crippen LogP contribution is -2.34. The number of rotatable bonds is 2. The molecule has 0 unspecified atom stereocenters. The lowest BCUT2D eigenvalue weighted by Gasteiger charge is -2.20. The van der Waals surface area contributed by atoms with Crippen molar-refractivity contribution in [1.82, 2.24) is 14.7 Å². The monoisotopic (exact) mass is 363 g/mol. The zero-order chi connectivity index (χ0) is 12.3. The largest absolute Gasteiger partial charge is 0.341 e. The van der Waals surface area contributed by atoms with E-state index in [2.05, 4.69) is 37.0 Å². The normalized spacial score (nSPS) is 16.9. The maximum absolute atomic E-state index is 12.1. The number of likely N-dealkylation sites (tertiary alicyclic amines) is 1. The second kappa shape index (κ2) is 6.00. The number of hydrogen-bond acceptors (Lipinski definition) is 2. The van der Waals surface area contributed by atoms with Gasteiger partial charge in [0.2, 0.25) is 5.91 Å². The average Bonchev–Trinajstić information content (AvgIpc) is 2.54. The van der Waals surface area contributed by atoms with Gasteiger partial charge < -0.3 is 4.90 Å². The third-order valence-electron chi connectivity index (χ3n) is 2.94. The highest BCUT2D eigenvalue weighted by atomic mass is 79.9. The summed E-state index contributed by atoms with van der Waals surface area (Å²) >= 11 is 6.68. The molecule has 0 aromatic carbocycles. The van der Waals surface area contributed by atoms with Gasteiger partial charge in [0.25, 0.3) is 0 Å². The summed E-state index contributed by atoms with van der Waals surface area (Å²) in [6, 6.07) is 1.84. The molecular formula is C11H15Br2N3O. The van der Waals surface area contributed by atoms with E-state index < -0.39 is 0 Å². The number of carbonyl (C=O) groups excluding carboxylic acids is 1. The van der Waals surface area contributed by atoms with Gasteiger partial charge in [-0.2, -0.15) is 5.10 Å². The van der Waals surface area contributed by atoms with Gasteiger partial charge >= 0.3 is 0 Å². The predicted molar refractivity (Wildman–Crippen MR) is 72.7 cm³/mol. The molecule has 0 bridgehead atoms. The SMILES string of the molecule is O=C(Cn1nc(Br)cc1Br)N1CCCCCC1. The molecule has 0 N–H and O–H groups in total. The highest BCUT2D eigenvalue weighted by molar-refractivity contribution is 9.11. The molecule has 1 aliphatic rings. The van der Waals surface area contributed by atoms with Crippen LogP contribution in [0.3, 0.4) is 0 Å². The molecule has 0 aliphatic carbocycles. The van der Waals surface area contributed by atoms with E-state index >= 15 is 0 Å². The second-order valence-electron chi connectivity index (χ2n) is 4.24. The van der Waals surface area contributed by atoms with Crippen LogP contribution in [0.15, 0.2) is 15.3 Å². The van der Waals surface area contributed by atoms with Crippen LogP contribution in [-0.4, -0.2) is 33.7 Å². The van der Waals surface area contributed by atoms with Gasteiger partial charge in [0.15, 0.2) is 0 Å². The van der Waals surface area contributed by atoms with Gasteiger partial charge in [-0.05, 0) is 44.7 Å². The minimum atomic E-state index is 0.156. The van der Waals surface area contributed by atoms with Crippen LogP contribution in [0.5, 0.6) is 0 Å². The third kappa shape index (κ3) is 3.55. The maximum Gasteiger partial charge on any atom is 0.244 e. The standard InChI is InChI=1S/C11H15Br2N3O/c12-9-7-10(13)16(14-9)8-11(17)15-5-3-1-2-4-6-15/h7H,1-6,8H2. The van der Waals surface area contributed by atoms with E-state index in [9.17, 15) is 4.79 Å². The Labute approximate surface area is 118 Å². The predicted octanol–water partition coefficient (Wildman–Crippen LogP) is 2.81. The van der Waals surface area contributed by atoms with Gasteiger partial charge in [0, 0.05) is 19.2 Å². The van der Waals surface area contributed by atoms with Gasteiger partial charge in [-0.1, -0.05) is 12.8 Å². The van der Waals surface area contributed by atoms with Crippen molar-refractivity contribution in [1.29, 1.82) is 0 Å². The molecule has 1 fully saturated rings. The molecular weight excluding hydrogens is 350 g/mol. The molecule has 4 nitrogen and oxygen atoms in total. The molecule has 1 aliphatic heterocycles. The quantitative estimate of drug-likeness (QED) is 0.809. The van der Waals surface area contributed by atoms with Crippen molar-refractivity contribution < 1.29 is 4.79 Å². The Morgan fingerprint density at radius 2 is 1.88 bits per heavy atom. The Morgan fingerprint density at radius 3 is 2.41 bits per heavy atom. The minimum Gasteiger partial charge on any atom is -0.341 e. The zero-order valence-electron chi connectivity index (χ0n) is 9.53. The summed E-state index contributed by atoms with van der Waals surface area (Å²) in [5.74, 6) is 0.156. The fraction of sp³-hybridized carbons (Fsp3) is 0.636. The first-order valence-corrected chi connectivity index (χ1v) is 7.42. The molecule has 1 aromatic heterocycles. The highest BCUT2D eigenvalue weighted by Gasteiger charge is 2.17. The van der Waals surface area contributed by atoms with E-state index in [1.807, 2.05) is 11.0 Å². The number of aromatic nitrogens is 2. The fourth-order valence-corrected chi connectivity index (χ4v) is 3.16. The molecule has 6 heteroatoms. The van der Waals surface area contributed by atoms with Crippen LogP contribution in [0.25, 0.3) is 0 Å². The summed E-state index contributed by atoms with van der Waals surface area (Å²) in [6.07, 6.45) is 4.72. The average molecular weight is 365 g/mol. The lowest BCUT2D eigenvalue weighted by atomic mass is 10.2. The van der Waals surface area contributed by atoms with E-state index in [0.717, 1.165) is 35.1 Å². The Bertz CT molecular complexity index is 397. The molecule has 1 aromatic rings. The fourth-order valence-electron chi connectivity index (χ4n) is 2.02. The first kappa shape index (κ1) is 13.1. The Kier molecular flexibility index (Phi) is 4.62. The molecule has 0 saturated carbocycles. The smallest absolute Gasteiger partial charge is 0.244 e. The summed E-state index contributed by atoms with van der Waals surface area (Å²) < 4.78 is 3.25. The van der Waals surface area contributed by atoms with Gasteiger partial charge in [-0.25, -0.2) is 4.68 Å². The van der Waals surface area contributed by atoms with Crippen LogP contribution >= 0.6 is 31.9 Å². The van der Waals surface area contributed by atoms with Crippen molar-refractivity contribution in [2.24, 2.45) is 0 Å². The van der Waals surface area contributed by atoms with Crippen LogP contribution in [0.4, 0.5) is 0 Å². The number of amides is 1. The molecule has 0 radical (unpaired) electrons. The number of nitrogens with zero attached hydrogens (tertiary/aromatic N) is 3. The number of carbonyl (C=O) groups is 1. The third-order valence-corrected chi connectivity index (χ3v) is 3.97. The number of halogens is 2. The van der Waals surface area contributed by atoms with Crippen molar-refractivity contribution in [2.45, 2.75) is 32.2 Å². The summed E-state index contributed by atoms with van der Waals surface area (Å²) in [7, 11) is 0. The first-order valence-electron chi connectivity index (χ1n) is 5.83. The van der Waals surface area contributed by atoms with Crippen molar-refractivity contribution >= 4 is 37.8 Å². The van der Waals surface area contributed by atoms with Crippen molar-refractivity contribution in [2.75, 3.05) is 13.1 Å². The summed E-state index contributed by atoms with van der Waals surface area (Å²) in [5, 5.41) is 4.21. The van der Waals surface area contributed by atoms with Crippen LogP contribution in [0, 0.1) is 0 Å². The molecule has 1 saturated heterocycles. The van der Waals surface area contributed by atoms with Crippen molar-refractivity contribution in [3.05, 3.63) is 15.3 Å². The van der Waals surface area contributed by atoms with E-state index in [-0.39, 0.29) is 5.91 Å². The van der Waals surface area contributed by atoms with Crippen LogP contribution in [0.1, 0.15) is 25.7 Å². The van der Waals surface area contributed by atoms with E-state index in [0.29, 0.717) is 6.54 Å². The molecule has 2 rings (SSSR count). The lowest BCUT2D eigenvalue weighted by molar-refractivity contribution is -0.132. The van der Waals surface area contributed by atoms with Crippen LogP contribution < -0.4 is 0 Å². The highest BCUT2D eigenvalue weighted by Crippen LogP contribution is 2.17. The van der Waals surface area contributed by atoms with E-state index in [4.69, 9.17) is 0 Å². The zero-order valence-corrected chi connectivity index (χ0v) is 12.7. The Morgan fingerprint density at radius 1 is 1.24 bits per heavy atom. The first-order chi connectivity index (χ1) is 8.16. The van der Waals surface area contributed by atoms with E-state index in [1.54, 1.807) is 4.68 Å². The summed E-state index contributed by atoms with van der Waals surface area (Å²) in [6.45, 7) is 2.09. The van der Waals surface area contributed by atoms with Crippen molar-refractivity contribution in [3.63, 3.8) is 0 Å². The molecule has 17 heavy (non-hydrogen) atoms. The van der Waals surface area contributed by atoms with Gasteiger partial charge in [0.05, 0.1) is 0 Å². The van der Waals surface area contributed by atoms with Gasteiger partial charge in [-0.15, -0.1) is 0 Å². The minimum absolute atomic E-state index is 0.156. The van der Waals surface area contributed by atoms with Gasteiger partial charge in [-0.3, -0.25) is 4.79 Å². The van der Waals surface area contributed by atoms with Crippen LogP contribution in [0.2, 0.25) is 0 Å². The van der Waals surface area contributed by atoms with Crippen LogP contribution in [-0.2, 0) is 11.3 Å². The Hall–Kier alpha value is -0.360.